The molecule has 7 nitrogen and oxygen atoms in total. The molecule has 0 unspecified atom stereocenters. The molecule has 0 bridgehead atoms. The van der Waals surface area contributed by atoms with E-state index in [2.05, 4.69) is 4.74 Å². The van der Waals surface area contributed by atoms with Crippen molar-refractivity contribution in [2.75, 3.05) is 26.2 Å². The van der Waals surface area contributed by atoms with Crippen molar-refractivity contribution < 1.29 is 37.0 Å². The normalized spacial score (nSPS) is 14.5. The molecule has 0 N–H and O–H groups in total. The topological polar surface area (TPSA) is 68.3 Å². The van der Waals surface area contributed by atoms with Crippen LogP contribution < -0.4 is 9.47 Å². The fraction of sp³-hybridized carbons (Fsp3) is 0.440. The Bertz CT molecular complexity index is 1010. The van der Waals surface area contributed by atoms with Crippen molar-refractivity contribution in [1.82, 2.24) is 9.80 Å². The van der Waals surface area contributed by atoms with Crippen LogP contribution in [0.15, 0.2) is 48.5 Å². The lowest BCUT2D eigenvalue weighted by Crippen LogP contribution is -2.52. The molecule has 0 saturated carbocycles. The van der Waals surface area contributed by atoms with Crippen LogP contribution in [0.5, 0.6) is 11.5 Å². The third-order valence-electron chi connectivity index (χ3n) is 5.11. The first-order valence-corrected chi connectivity index (χ1v) is 11.2. The van der Waals surface area contributed by atoms with Gasteiger partial charge in [-0.15, -0.1) is 13.2 Å². The highest BCUT2D eigenvalue weighted by atomic mass is 19.4. The number of alkyl halides is 3. The lowest BCUT2D eigenvalue weighted by molar-refractivity contribution is -0.275. The van der Waals surface area contributed by atoms with Crippen molar-refractivity contribution in [1.29, 1.82) is 0 Å². The van der Waals surface area contributed by atoms with Crippen LogP contribution in [0.2, 0.25) is 0 Å². The maximum Gasteiger partial charge on any atom is 0.573 e. The minimum absolute atomic E-state index is 0.0647. The van der Waals surface area contributed by atoms with Gasteiger partial charge in [0.25, 0.3) is 0 Å². The van der Waals surface area contributed by atoms with Crippen LogP contribution in [0.3, 0.4) is 0 Å². The smallest absolute Gasteiger partial charge is 0.485 e. The average Bonchev–Trinajstić information content (AvgIpc) is 2.77. The van der Waals surface area contributed by atoms with E-state index in [-0.39, 0.29) is 24.7 Å². The van der Waals surface area contributed by atoms with Crippen molar-refractivity contribution in [3.8, 4) is 11.5 Å². The van der Waals surface area contributed by atoms with Gasteiger partial charge in [0.05, 0.1) is 6.42 Å². The maximum absolute atomic E-state index is 13.0. The summed E-state index contributed by atoms with van der Waals surface area (Å²) in [5.41, 5.74) is 0.531. The minimum Gasteiger partial charge on any atom is -0.485 e. The molecule has 2 aromatic carbocycles. The van der Waals surface area contributed by atoms with E-state index in [0.29, 0.717) is 31.7 Å². The third kappa shape index (κ3) is 8.38. The molecule has 3 rings (SSSR count). The van der Waals surface area contributed by atoms with E-state index in [1.54, 1.807) is 56.0 Å². The second-order valence-corrected chi connectivity index (χ2v) is 9.13. The molecular weight excluding hydrogens is 465 g/mol. The standard InChI is InChI=1S/C25H29F3N2O5/c1-24(2,3)35-23(32)30-13-11-29(12-14-30)22(31)16-19-9-10-20(21(15-19)34-25(26,27)28)33-17-18-7-5-4-6-8-18/h4-10,15H,11-14,16-17H2,1-3H3. The summed E-state index contributed by atoms with van der Waals surface area (Å²) in [6.07, 6.45) is -5.46. The fourth-order valence-electron chi connectivity index (χ4n) is 3.47. The van der Waals surface area contributed by atoms with Crippen LogP contribution in [0, 0.1) is 0 Å². The Morgan fingerprint density at radius 3 is 2.09 bits per heavy atom. The molecule has 2 aromatic rings. The third-order valence-corrected chi connectivity index (χ3v) is 5.11. The van der Waals surface area contributed by atoms with Crippen LogP contribution >= 0.6 is 0 Å². The first-order chi connectivity index (χ1) is 16.4. The Morgan fingerprint density at radius 1 is 0.857 bits per heavy atom. The molecule has 1 fully saturated rings. The summed E-state index contributed by atoms with van der Waals surface area (Å²) in [5, 5.41) is 0. The van der Waals surface area contributed by atoms with E-state index < -0.39 is 23.8 Å². The van der Waals surface area contributed by atoms with Gasteiger partial charge < -0.3 is 24.0 Å². The van der Waals surface area contributed by atoms with Gasteiger partial charge in [0, 0.05) is 26.2 Å². The molecule has 1 aliphatic rings. The van der Waals surface area contributed by atoms with E-state index in [4.69, 9.17) is 9.47 Å². The highest BCUT2D eigenvalue weighted by Gasteiger charge is 2.33. The number of ether oxygens (including phenoxy) is 3. The summed E-state index contributed by atoms with van der Waals surface area (Å²) < 4.78 is 54.0. The van der Waals surface area contributed by atoms with Crippen molar-refractivity contribution in [2.24, 2.45) is 0 Å². The molecule has 2 amide bonds. The van der Waals surface area contributed by atoms with E-state index in [9.17, 15) is 22.8 Å². The Kier molecular flexibility index (Phi) is 8.14. The molecule has 0 aliphatic carbocycles. The summed E-state index contributed by atoms with van der Waals surface area (Å²) in [7, 11) is 0. The number of amides is 2. The quantitative estimate of drug-likeness (QED) is 0.578. The number of hydrogen-bond donors (Lipinski definition) is 0. The van der Waals surface area contributed by atoms with Gasteiger partial charge in [-0.25, -0.2) is 4.79 Å². The van der Waals surface area contributed by atoms with Crippen molar-refractivity contribution in [2.45, 2.75) is 45.8 Å². The second kappa shape index (κ2) is 10.9. The van der Waals surface area contributed by atoms with Gasteiger partial charge in [-0.3, -0.25) is 4.79 Å². The molecule has 0 aromatic heterocycles. The van der Waals surface area contributed by atoms with Crippen LogP contribution in [0.25, 0.3) is 0 Å². The Morgan fingerprint density at radius 2 is 1.49 bits per heavy atom. The van der Waals surface area contributed by atoms with Crippen LogP contribution in [0.4, 0.5) is 18.0 Å². The zero-order valence-electron chi connectivity index (χ0n) is 19.9. The molecule has 35 heavy (non-hydrogen) atoms. The summed E-state index contributed by atoms with van der Waals surface area (Å²) >= 11 is 0. The molecule has 10 heteroatoms. The Hall–Kier alpha value is -3.43. The van der Waals surface area contributed by atoms with Crippen molar-refractivity contribution in [3.63, 3.8) is 0 Å². The summed E-state index contributed by atoms with van der Waals surface area (Å²) in [4.78, 5) is 28.1. The number of hydrogen-bond acceptors (Lipinski definition) is 5. The predicted octanol–water partition coefficient (Wildman–Crippen LogP) is 4.79. The number of carbonyl (C=O) groups excluding carboxylic acids is 2. The molecular formula is C25H29F3N2O5. The Balaban J connectivity index is 1.62. The lowest BCUT2D eigenvalue weighted by atomic mass is 10.1. The monoisotopic (exact) mass is 494 g/mol. The lowest BCUT2D eigenvalue weighted by Gasteiger charge is -2.35. The fourth-order valence-corrected chi connectivity index (χ4v) is 3.47. The van der Waals surface area contributed by atoms with Gasteiger partial charge in [-0.2, -0.15) is 0 Å². The average molecular weight is 495 g/mol. The summed E-state index contributed by atoms with van der Waals surface area (Å²) in [6.45, 7) is 6.64. The van der Waals surface area contributed by atoms with Gasteiger partial charge in [-0.05, 0) is 44.0 Å². The van der Waals surface area contributed by atoms with E-state index in [0.717, 1.165) is 5.56 Å². The second-order valence-electron chi connectivity index (χ2n) is 9.13. The Labute approximate surface area is 202 Å². The van der Waals surface area contributed by atoms with Crippen LogP contribution in [0.1, 0.15) is 31.9 Å². The number of halogens is 3. The first-order valence-electron chi connectivity index (χ1n) is 11.2. The highest BCUT2D eigenvalue weighted by Crippen LogP contribution is 2.34. The van der Waals surface area contributed by atoms with Gasteiger partial charge in [-0.1, -0.05) is 36.4 Å². The van der Waals surface area contributed by atoms with Gasteiger partial charge in [0.15, 0.2) is 11.5 Å². The number of rotatable bonds is 6. The number of benzene rings is 2. The SMILES string of the molecule is CC(C)(C)OC(=O)N1CCN(C(=O)Cc2ccc(OCc3ccccc3)c(OC(F)(F)F)c2)CC1. The molecule has 190 valence electrons. The highest BCUT2D eigenvalue weighted by molar-refractivity contribution is 5.79. The van der Waals surface area contributed by atoms with E-state index in [1.807, 2.05) is 6.07 Å². The maximum atomic E-state index is 13.0. The molecule has 1 saturated heterocycles. The largest absolute Gasteiger partial charge is 0.573 e. The molecule has 0 atom stereocenters. The van der Waals surface area contributed by atoms with Gasteiger partial charge in [0.2, 0.25) is 5.91 Å². The van der Waals surface area contributed by atoms with E-state index >= 15 is 0 Å². The minimum atomic E-state index is -4.91. The zero-order chi connectivity index (χ0) is 25.6. The molecule has 0 radical (unpaired) electrons. The van der Waals surface area contributed by atoms with Gasteiger partial charge in [0.1, 0.15) is 12.2 Å². The summed E-state index contributed by atoms with van der Waals surface area (Å²) in [6, 6.07) is 13.1. The van der Waals surface area contributed by atoms with E-state index in [1.165, 1.54) is 17.0 Å². The van der Waals surface area contributed by atoms with Crippen LogP contribution in [-0.4, -0.2) is 59.9 Å². The van der Waals surface area contributed by atoms with Crippen LogP contribution in [-0.2, 0) is 22.6 Å². The zero-order valence-corrected chi connectivity index (χ0v) is 19.9. The van der Waals surface area contributed by atoms with Crippen molar-refractivity contribution >= 4 is 12.0 Å². The first kappa shape index (κ1) is 26.2. The number of nitrogens with zero attached hydrogens (tertiary/aromatic N) is 2. The molecule has 0 spiro atoms. The summed E-state index contributed by atoms with van der Waals surface area (Å²) in [5.74, 6) is -0.841. The molecule has 1 heterocycles. The van der Waals surface area contributed by atoms with Gasteiger partial charge >= 0.3 is 12.5 Å². The van der Waals surface area contributed by atoms with Crippen molar-refractivity contribution in [3.05, 3.63) is 59.7 Å². The molecule has 1 aliphatic heterocycles. The predicted molar refractivity (Wildman–Crippen MR) is 122 cm³/mol. The number of carbonyl (C=O) groups is 2. The number of piperazine rings is 1.